The average Bonchev–Trinajstić information content (AvgIpc) is 3.22. The van der Waals surface area contributed by atoms with Crippen molar-refractivity contribution in [3.63, 3.8) is 0 Å². The Morgan fingerprint density at radius 2 is 2.08 bits per heavy atom. The van der Waals surface area contributed by atoms with E-state index >= 15 is 0 Å². The van der Waals surface area contributed by atoms with Crippen molar-refractivity contribution in [2.75, 3.05) is 20.3 Å². The molecular formula is C19H27N3O3. The van der Waals surface area contributed by atoms with Crippen LogP contribution < -0.4 is 14.8 Å². The Morgan fingerprint density at radius 1 is 1.28 bits per heavy atom. The van der Waals surface area contributed by atoms with Crippen molar-refractivity contribution in [1.82, 2.24) is 15.1 Å². The predicted octanol–water partition coefficient (Wildman–Crippen LogP) is 2.58. The first-order valence-electron chi connectivity index (χ1n) is 8.78. The summed E-state index contributed by atoms with van der Waals surface area (Å²) in [6, 6.07) is 8.21. The Bertz CT molecular complexity index is 676. The minimum absolute atomic E-state index is 0.249. The molecule has 25 heavy (non-hydrogen) atoms. The molecule has 1 saturated heterocycles. The molecule has 1 unspecified atom stereocenters. The monoisotopic (exact) mass is 345 g/mol. The number of benzene rings is 1. The number of aryl methyl sites for hydroxylation is 2. The summed E-state index contributed by atoms with van der Waals surface area (Å²) >= 11 is 0. The molecule has 6 nitrogen and oxygen atoms in total. The first-order chi connectivity index (χ1) is 12.2. The topological polar surface area (TPSA) is 57.5 Å². The highest BCUT2D eigenvalue weighted by Crippen LogP contribution is 2.21. The van der Waals surface area contributed by atoms with Gasteiger partial charge in [-0.25, -0.2) is 4.68 Å². The molecule has 0 aliphatic carbocycles. The SMILES string of the molecule is COc1c(CNCc2ccc(OCC3CCCO3)cc2)c(C)nn1C. The Balaban J connectivity index is 1.47. The van der Waals surface area contributed by atoms with Crippen LogP contribution in [0.3, 0.4) is 0 Å². The lowest BCUT2D eigenvalue weighted by Gasteiger charge is -2.12. The van der Waals surface area contributed by atoms with Gasteiger partial charge in [0.15, 0.2) is 0 Å². The summed E-state index contributed by atoms with van der Waals surface area (Å²) in [5.41, 5.74) is 3.30. The quantitative estimate of drug-likeness (QED) is 0.797. The Labute approximate surface area is 149 Å². The second kappa shape index (κ2) is 8.36. The van der Waals surface area contributed by atoms with Crippen molar-refractivity contribution in [1.29, 1.82) is 0 Å². The van der Waals surface area contributed by atoms with Gasteiger partial charge >= 0.3 is 0 Å². The molecule has 2 aromatic rings. The van der Waals surface area contributed by atoms with E-state index in [9.17, 15) is 0 Å². The fourth-order valence-electron chi connectivity index (χ4n) is 3.14. The molecule has 3 rings (SSSR count). The second-order valence-electron chi connectivity index (χ2n) is 6.39. The second-order valence-corrected chi connectivity index (χ2v) is 6.39. The summed E-state index contributed by atoms with van der Waals surface area (Å²) in [6.07, 6.45) is 2.48. The van der Waals surface area contributed by atoms with E-state index in [1.54, 1.807) is 11.8 Å². The average molecular weight is 345 g/mol. The zero-order valence-corrected chi connectivity index (χ0v) is 15.2. The van der Waals surface area contributed by atoms with Gasteiger partial charge in [0.2, 0.25) is 5.88 Å². The fraction of sp³-hybridized carbons (Fsp3) is 0.526. The van der Waals surface area contributed by atoms with Crippen LogP contribution in [0.15, 0.2) is 24.3 Å². The van der Waals surface area contributed by atoms with E-state index < -0.39 is 0 Å². The molecule has 1 fully saturated rings. The number of methoxy groups -OCH3 is 1. The first kappa shape index (κ1) is 17.8. The van der Waals surface area contributed by atoms with Crippen LogP contribution in [0.25, 0.3) is 0 Å². The van der Waals surface area contributed by atoms with Crippen molar-refractivity contribution in [2.45, 2.75) is 39.0 Å². The molecule has 1 aromatic carbocycles. The van der Waals surface area contributed by atoms with Crippen molar-refractivity contribution < 1.29 is 14.2 Å². The van der Waals surface area contributed by atoms with Crippen molar-refractivity contribution >= 4 is 0 Å². The van der Waals surface area contributed by atoms with Crippen LogP contribution in [-0.4, -0.2) is 36.2 Å². The van der Waals surface area contributed by atoms with Gasteiger partial charge in [-0.3, -0.25) is 0 Å². The van der Waals surface area contributed by atoms with Crippen molar-refractivity contribution in [3.8, 4) is 11.6 Å². The maximum atomic E-state index is 5.79. The minimum atomic E-state index is 0.249. The van der Waals surface area contributed by atoms with Crippen LogP contribution in [0, 0.1) is 6.92 Å². The van der Waals surface area contributed by atoms with Gasteiger partial charge in [-0.15, -0.1) is 0 Å². The number of nitrogens with zero attached hydrogens (tertiary/aromatic N) is 2. The van der Waals surface area contributed by atoms with Gasteiger partial charge in [-0.2, -0.15) is 5.10 Å². The molecule has 0 amide bonds. The molecule has 1 aliphatic rings. The third kappa shape index (κ3) is 4.52. The van der Waals surface area contributed by atoms with Crippen LogP contribution in [0.2, 0.25) is 0 Å². The largest absolute Gasteiger partial charge is 0.491 e. The van der Waals surface area contributed by atoms with Crippen molar-refractivity contribution in [3.05, 3.63) is 41.1 Å². The molecule has 0 spiro atoms. The van der Waals surface area contributed by atoms with Gasteiger partial charge in [0.1, 0.15) is 12.4 Å². The van der Waals surface area contributed by atoms with Crippen LogP contribution in [0.1, 0.15) is 29.7 Å². The van der Waals surface area contributed by atoms with E-state index in [1.807, 2.05) is 26.1 Å². The molecule has 2 heterocycles. The predicted molar refractivity (Wildman–Crippen MR) is 96.0 cm³/mol. The van der Waals surface area contributed by atoms with E-state index in [0.717, 1.165) is 55.4 Å². The van der Waals surface area contributed by atoms with Crippen LogP contribution in [0.4, 0.5) is 0 Å². The number of aromatic nitrogens is 2. The maximum Gasteiger partial charge on any atom is 0.216 e. The fourth-order valence-corrected chi connectivity index (χ4v) is 3.14. The smallest absolute Gasteiger partial charge is 0.216 e. The van der Waals surface area contributed by atoms with E-state index in [1.165, 1.54) is 5.56 Å². The zero-order chi connectivity index (χ0) is 17.6. The molecule has 0 saturated carbocycles. The summed E-state index contributed by atoms with van der Waals surface area (Å²) in [5, 5.41) is 7.85. The zero-order valence-electron chi connectivity index (χ0n) is 15.2. The number of hydrogen-bond donors (Lipinski definition) is 1. The molecule has 136 valence electrons. The van der Waals surface area contributed by atoms with Gasteiger partial charge < -0.3 is 19.5 Å². The lowest BCUT2D eigenvalue weighted by Crippen LogP contribution is -2.16. The summed E-state index contributed by atoms with van der Waals surface area (Å²) in [6.45, 7) is 5.00. The van der Waals surface area contributed by atoms with E-state index in [-0.39, 0.29) is 6.10 Å². The summed E-state index contributed by atoms with van der Waals surface area (Å²) in [4.78, 5) is 0. The first-order valence-corrected chi connectivity index (χ1v) is 8.78. The van der Waals surface area contributed by atoms with E-state index in [2.05, 4.69) is 22.5 Å². The number of rotatable bonds is 8. The highest BCUT2D eigenvalue weighted by Gasteiger charge is 2.16. The highest BCUT2D eigenvalue weighted by atomic mass is 16.5. The van der Waals surface area contributed by atoms with Gasteiger partial charge in [0.25, 0.3) is 0 Å². The van der Waals surface area contributed by atoms with Gasteiger partial charge in [0.05, 0.1) is 24.5 Å². The van der Waals surface area contributed by atoms with Gasteiger partial charge in [-0.1, -0.05) is 12.1 Å². The third-order valence-corrected chi connectivity index (χ3v) is 4.50. The van der Waals surface area contributed by atoms with Gasteiger partial charge in [-0.05, 0) is 37.5 Å². The Morgan fingerprint density at radius 3 is 2.76 bits per heavy atom. The van der Waals surface area contributed by atoms with Crippen LogP contribution in [0.5, 0.6) is 11.6 Å². The summed E-state index contributed by atoms with van der Waals surface area (Å²) in [5.74, 6) is 1.70. The van der Waals surface area contributed by atoms with Crippen LogP contribution >= 0.6 is 0 Å². The number of nitrogens with one attached hydrogen (secondary N) is 1. The molecule has 1 aliphatic heterocycles. The molecule has 1 atom stereocenters. The minimum Gasteiger partial charge on any atom is -0.491 e. The standard InChI is InChI=1S/C19H27N3O3/c1-14-18(19(23-3)22(2)21-14)12-20-11-15-6-8-16(9-7-15)25-13-17-5-4-10-24-17/h6-9,17,20H,4-5,10-13H2,1-3H3. The van der Waals surface area contributed by atoms with Gasteiger partial charge in [0, 0.05) is 26.7 Å². The number of ether oxygens (including phenoxy) is 3. The van der Waals surface area contributed by atoms with Crippen molar-refractivity contribution in [2.24, 2.45) is 7.05 Å². The lowest BCUT2D eigenvalue weighted by molar-refractivity contribution is 0.0679. The molecular weight excluding hydrogens is 318 g/mol. The molecule has 6 heteroatoms. The number of hydrogen-bond acceptors (Lipinski definition) is 5. The summed E-state index contributed by atoms with van der Waals surface area (Å²) < 4.78 is 18.6. The summed E-state index contributed by atoms with van der Waals surface area (Å²) in [7, 11) is 3.57. The lowest BCUT2D eigenvalue weighted by atomic mass is 10.2. The molecule has 0 bridgehead atoms. The Kier molecular flexibility index (Phi) is 5.94. The molecule has 1 N–H and O–H groups in total. The molecule has 0 radical (unpaired) electrons. The maximum absolute atomic E-state index is 5.79. The normalized spacial score (nSPS) is 17.0. The highest BCUT2D eigenvalue weighted by molar-refractivity contribution is 5.31. The molecule has 1 aromatic heterocycles. The van der Waals surface area contributed by atoms with Crippen LogP contribution in [-0.2, 0) is 24.9 Å². The van der Waals surface area contributed by atoms with E-state index in [0.29, 0.717) is 6.61 Å². The Hall–Kier alpha value is -2.05. The third-order valence-electron chi connectivity index (χ3n) is 4.50. The van der Waals surface area contributed by atoms with E-state index in [4.69, 9.17) is 14.2 Å².